The summed E-state index contributed by atoms with van der Waals surface area (Å²) >= 11 is 0. The van der Waals surface area contributed by atoms with E-state index in [0.717, 1.165) is 19.4 Å². The molecule has 1 aromatic heterocycles. The molecule has 1 fully saturated rings. The van der Waals surface area contributed by atoms with Crippen LogP contribution in [0.2, 0.25) is 0 Å². The number of para-hydroxylation sites is 1. The second-order valence-corrected chi connectivity index (χ2v) is 5.69. The van der Waals surface area contributed by atoms with Gasteiger partial charge in [-0.15, -0.1) is 0 Å². The Balaban J connectivity index is 1.71. The van der Waals surface area contributed by atoms with Crippen LogP contribution in [0.3, 0.4) is 0 Å². The first-order valence-electron chi connectivity index (χ1n) is 6.77. The van der Waals surface area contributed by atoms with Crippen LogP contribution in [0.4, 0.5) is 0 Å². The van der Waals surface area contributed by atoms with Crippen LogP contribution in [0.25, 0.3) is 10.9 Å². The van der Waals surface area contributed by atoms with Crippen molar-refractivity contribution >= 4 is 16.9 Å². The Labute approximate surface area is 111 Å². The number of carboxylic acid groups (broad SMARTS) is 1. The van der Waals surface area contributed by atoms with E-state index in [2.05, 4.69) is 28.1 Å². The van der Waals surface area contributed by atoms with Gasteiger partial charge in [-0.1, -0.05) is 18.2 Å². The number of aromatic nitrogens is 1. The minimum Gasteiger partial charge on any atom is -0.481 e. The molecule has 0 radical (unpaired) electrons. The maximum absolute atomic E-state index is 11.1. The first kappa shape index (κ1) is 11.1. The second-order valence-electron chi connectivity index (χ2n) is 5.69. The lowest BCUT2D eigenvalue weighted by Crippen LogP contribution is -2.35. The Hall–Kier alpha value is -1.81. The summed E-state index contributed by atoms with van der Waals surface area (Å²) in [7, 11) is 0. The van der Waals surface area contributed by atoms with Crippen molar-refractivity contribution < 1.29 is 9.90 Å². The third-order valence-electron chi connectivity index (χ3n) is 4.58. The first-order chi connectivity index (χ1) is 9.22. The predicted octanol–water partition coefficient (Wildman–Crippen LogP) is 2.00. The molecule has 0 unspecified atom stereocenters. The van der Waals surface area contributed by atoms with Gasteiger partial charge in [0.15, 0.2) is 0 Å². The van der Waals surface area contributed by atoms with E-state index in [4.69, 9.17) is 5.11 Å². The van der Waals surface area contributed by atoms with Crippen LogP contribution in [0.15, 0.2) is 24.3 Å². The zero-order valence-electron chi connectivity index (χ0n) is 10.6. The van der Waals surface area contributed by atoms with Crippen molar-refractivity contribution in [2.75, 3.05) is 6.54 Å². The fourth-order valence-electron chi connectivity index (χ4n) is 3.63. The van der Waals surface area contributed by atoms with Gasteiger partial charge in [0.05, 0.1) is 5.92 Å². The lowest BCUT2D eigenvalue weighted by Gasteiger charge is -2.29. The lowest BCUT2D eigenvalue weighted by atomic mass is 9.95. The molecule has 0 aliphatic carbocycles. The van der Waals surface area contributed by atoms with Crippen LogP contribution in [0, 0.1) is 5.92 Å². The molecule has 2 atom stereocenters. The standard InChI is InChI=1S/C15H16N2O2/c18-15(19)9-5-10-6-12-11-3-1-2-4-13(11)16-14(12)8-17(10)7-9/h1-4,9-10,16H,5-8H2,(H,18,19)/t9-,10-/m1/s1. The zero-order valence-corrected chi connectivity index (χ0v) is 10.6. The van der Waals surface area contributed by atoms with Crippen LogP contribution in [-0.2, 0) is 17.8 Å². The van der Waals surface area contributed by atoms with E-state index >= 15 is 0 Å². The van der Waals surface area contributed by atoms with E-state index in [1.807, 2.05) is 6.07 Å². The average molecular weight is 256 g/mol. The van der Waals surface area contributed by atoms with Crippen molar-refractivity contribution in [3.05, 3.63) is 35.5 Å². The van der Waals surface area contributed by atoms with Crippen molar-refractivity contribution in [2.24, 2.45) is 5.92 Å². The molecule has 4 heteroatoms. The van der Waals surface area contributed by atoms with Crippen LogP contribution in [-0.4, -0.2) is 33.5 Å². The summed E-state index contributed by atoms with van der Waals surface area (Å²) in [4.78, 5) is 16.9. The van der Waals surface area contributed by atoms with Gasteiger partial charge in [0.25, 0.3) is 0 Å². The van der Waals surface area contributed by atoms with E-state index in [9.17, 15) is 4.79 Å². The van der Waals surface area contributed by atoms with Crippen LogP contribution in [0.1, 0.15) is 17.7 Å². The molecule has 2 aliphatic rings. The van der Waals surface area contributed by atoms with E-state index < -0.39 is 5.97 Å². The maximum atomic E-state index is 11.1. The average Bonchev–Trinajstić information content (AvgIpc) is 2.96. The number of aliphatic carboxylic acids is 1. The number of benzene rings is 1. The number of carbonyl (C=O) groups is 1. The number of rotatable bonds is 1. The second kappa shape index (κ2) is 3.84. The summed E-state index contributed by atoms with van der Waals surface area (Å²) in [5, 5.41) is 10.5. The topological polar surface area (TPSA) is 56.3 Å². The lowest BCUT2D eigenvalue weighted by molar-refractivity contribution is -0.141. The molecule has 19 heavy (non-hydrogen) atoms. The number of nitrogens with one attached hydrogen (secondary N) is 1. The predicted molar refractivity (Wildman–Crippen MR) is 71.9 cm³/mol. The molecule has 2 aromatic rings. The number of hydrogen-bond acceptors (Lipinski definition) is 2. The van der Waals surface area contributed by atoms with Crippen molar-refractivity contribution in [3.8, 4) is 0 Å². The fraction of sp³-hybridized carbons (Fsp3) is 0.400. The minimum atomic E-state index is -0.650. The molecular weight excluding hydrogens is 240 g/mol. The van der Waals surface area contributed by atoms with Crippen molar-refractivity contribution in [1.29, 1.82) is 0 Å². The highest BCUT2D eigenvalue weighted by Crippen LogP contribution is 2.36. The molecule has 1 aromatic carbocycles. The van der Waals surface area contributed by atoms with E-state index in [0.29, 0.717) is 12.6 Å². The number of nitrogens with zero attached hydrogens (tertiary/aromatic N) is 1. The normalized spacial score (nSPS) is 26.3. The van der Waals surface area contributed by atoms with Crippen molar-refractivity contribution in [1.82, 2.24) is 9.88 Å². The Kier molecular flexibility index (Phi) is 2.23. The molecule has 0 saturated carbocycles. The molecule has 4 nitrogen and oxygen atoms in total. The summed E-state index contributed by atoms with van der Waals surface area (Å²) in [6, 6.07) is 8.78. The minimum absolute atomic E-state index is 0.194. The highest BCUT2D eigenvalue weighted by molar-refractivity contribution is 5.85. The summed E-state index contributed by atoms with van der Waals surface area (Å²) in [6.07, 6.45) is 1.76. The smallest absolute Gasteiger partial charge is 0.307 e. The molecule has 2 N–H and O–H groups in total. The van der Waals surface area contributed by atoms with Crippen molar-refractivity contribution in [3.63, 3.8) is 0 Å². The van der Waals surface area contributed by atoms with Gasteiger partial charge >= 0.3 is 5.97 Å². The molecule has 3 heterocycles. The molecule has 2 aliphatic heterocycles. The van der Waals surface area contributed by atoms with Gasteiger partial charge in [-0.05, 0) is 24.5 Å². The number of fused-ring (bicyclic) bond motifs is 4. The number of H-pyrrole nitrogens is 1. The third kappa shape index (κ3) is 1.60. The summed E-state index contributed by atoms with van der Waals surface area (Å²) in [5.41, 5.74) is 3.86. The highest BCUT2D eigenvalue weighted by Gasteiger charge is 2.39. The number of aromatic amines is 1. The summed E-state index contributed by atoms with van der Waals surface area (Å²) < 4.78 is 0. The van der Waals surface area contributed by atoms with E-state index in [1.54, 1.807) is 0 Å². The van der Waals surface area contributed by atoms with Crippen molar-refractivity contribution in [2.45, 2.75) is 25.4 Å². The Morgan fingerprint density at radius 1 is 1.37 bits per heavy atom. The fourth-order valence-corrected chi connectivity index (χ4v) is 3.63. The van der Waals surface area contributed by atoms with Gasteiger partial charge in [0.2, 0.25) is 0 Å². The first-order valence-corrected chi connectivity index (χ1v) is 6.77. The molecule has 1 saturated heterocycles. The van der Waals surface area contributed by atoms with E-state index in [-0.39, 0.29) is 5.92 Å². The monoisotopic (exact) mass is 256 g/mol. The van der Waals surface area contributed by atoms with Gasteiger partial charge in [-0.25, -0.2) is 0 Å². The summed E-state index contributed by atoms with van der Waals surface area (Å²) in [6.45, 7) is 1.55. The van der Waals surface area contributed by atoms with Gasteiger partial charge < -0.3 is 10.1 Å². The molecule has 98 valence electrons. The molecule has 0 amide bonds. The van der Waals surface area contributed by atoms with Gasteiger partial charge in [0.1, 0.15) is 0 Å². The SMILES string of the molecule is O=C(O)[C@@H]1C[C@@H]2Cc3c([nH]c4ccccc34)CN2C1. The van der Waals surface area contributed by atoms with E-state index in [1.165, 1.54) is 22.2 Å². The maximum Gasteiger partial charge on any atom is 0.307 e. The molecular formula is C15H16N2O2. The van der Waals surface area contributed by atoms with Crippen LogP contribution >= 0.6 is 0 Å². The largest absolute Gasteiger partial charge is 0.481 e. The molecule has 0 spiro atoms. The van der Waals surface area contributed by atoms with Crippen LogP contribution < -0.4 is 0 Å². The Bertz CT molecular complexity index is 661. The highest BCUT2D eigenvalue weighted by atomic mass is 16.4. The molecule has 0 bridgehead atoms. The van der Waals surface area contributed by atoms with Gasteiger partial charge in [-0.2, -0.15) is 0 Å². The Morgan fingerprint density at radius 3 is 3.05 bits per heavy atom. The third-order valence-corrected chi connectivity index (χ3v) is 4.58. The number of carboxylic acids is 1. The quantitative estimate of drug-likeness (QED) is 0.820. The zero-order chi connectivity index (χ0) is 13.0. The van der Waals surface area contributed by atoms with Crippen LogP contribution in [0.5, 0.6) is 0 Å². The molecule has 4 rings (SSSR count). The van der Waals surface area contributed by atoms with Gasteiger partial charge in [0, 0.05) is 35.7 Å². The Morgan fingerprint density at radius 2 is 2.21 bits per heavy atom. The summed E-state index contributed by atoms with van der Waals surface area (Å²) in [5.74, 6) is -0.844. The van der Waals surface area contributed by atoms with Gasteiger partial charge in [-0.3, -0.25) is 9.69 Å². The number of hydrogen-bond donors (Lipinski definition) is 2.